The van der Waals surface area contributed by atoms with E-state index in [9.17, 15) is 10.1 Å². The molecular weight excluding hydrogens is 404 g/mol. The van der Waals surface area contributed by atoms with E-state index in [0.29, 0.717) is 22.6 Å². The zero-order chi connectivity index (χ0) is 22.5. The third-order valence-corrected chi connectivity index (χ3v) is 4.43. The van der Waals surface area contributed by atoms with Gasteiger partial charge in [0.25, 0.3) is 0 Å². The molecule has 1 atom stereocenters. The molecule has 0 spiro atoms. The normalized spacial score (nSPS) is 14.1. The number of fused-ring (bicyclic) bond motifs is 1. The molecule has 1 unspecified atom stereocenters. The van der Waals surface area contributed by atoms with E-state index in [4.69, 9.17) is 26.2 Å². The van der Waals surface area contributed by atoms with Crippen molar-refractivity contribution in [3.8, 4) is 23.8 Å². The molecule has 6 N–H and O–H groups in total. The number of nitrogen functional groups attached to an aromatic ring is 2. The minimum atomic E-state index is -0.740. The average Bonchev–Trinajstić information content (AvgIpc) is 2.77. The number of anilines is 3. The van der Waals surface area contributed by atoms with Gasteiger partial charge in [0.15, 0.2) is 24.3 Å². The summed E-state index contributed by atoms with van der Waals surface area (Å²) < 4.78 is 15.4. The Labute approximate surface area is 177 Å². The van der Waals surface area contributed by atoms with Gasteiger partial charge in [0.1, 0.15) is 29.3 Å². The zero-order valence-corrected chi connectivity index (χ0v) is 16.6. The molecular formula is C19H18N8O4. The Morgan fingerprint density at radius 3 is 2.71 bits per heavy atom. The number of carbonyl (C=O) groups excluding carboxylic acids is 1. The number of ether oxygens (including phenoxy) is 3. The van der Waals surface area contributed by atoms with Crippen molar-refractivity contribution in [2.24, 2.45) is 4.99 Å². The second-order valence-electron chi connectivity index (χ2n) is 6.18. The summed E-state index contributed by atoms with van der Waals surface area (Å²) in [6, 6.07) is 6.12. The molecule has 0 saturated heterocycles. The minimum absolute atomic E-state index is 0.0300. The molecule has 1 aromatic heterocycles. The predicted octanol–water partition coefficient (Wildman–Crippen LogP) is 0.620. The third kappa shape index (κ3) is 4.04. The van der Waals surface area contributed by atoms with Crippen LogP contribution in [-0.2, 0) is 9.53 Å². The first kappa shape index (κ1) is 21.0. The van der Waals surface area contributed by atoms with Gasteiger partial charge in [-0.15, -0.1) is 0 Å². The molecule has 0 saturated carbocycles. The highest BCUT2D eigenvalue weighted by Gasteiger charge is 2.30. The number of esters is 1. The van der Waals surface area contributed by atoms with Crippen LogP contribution >= 0.6 is 0 Å². The molecule has 158 valence electrons. The molecule has 2 heterocycles. The van der Waals surface area contributed by atoms with Crippen molar-refractivity contribution < 1.29 is 19.0 Å². The quantitative estimate of drug-likeness (QED) is 0.300. The summed E-state index contributed by atoms with van der Waals surface area (Å²) in [4.78, 5) is 20.0. The van der Waals surface area contributed by atoms with E-state index in [1.807, 2.05) is 6.07 Å². The van der Waals surface area contributed by atoms with Gasteiger partial charge < -0.3 is 31.0 Å². The summed E-state index contributed by atoms with van der Waals surface area (Å²) >= 11 is 0. The van der Waals surface area contributed by atoms with Gasteiger partial charge in [0, 0.05) is 5.56 Å². The molecule has 0 fully saturated rings. The summed E-state index contributed by atoms with van der Waals surface area (Å²) in [5, 5.41) is 23.6. The number of carbonyl (C=O) groups is 1. The minimum Gasteiger partial charge on any atom is -0.493 e. The van der Waals surface area contributed by atoms with Crippen LogP contribution in [0.1, 0.15) is 22.7 Å². The highest BCUT2D eigenvalue weighted by atomic mass is 16.6. The van der Waals surface area contributed by atoms with Gasteiger partial charge in [0.05, 0.1) is 19.9 Å². The van der Waals surface area contributed by atoms with Crippen LogP contribution < -0.4 is 31.6 Å². The number of nitrogens with one attached hydrogen (secondary N) is 2. The lowest BCUT2D eigenvalue weighted by Gasteiger charge is -2.26. The molecule has 12 nitrogen and oxygen atoms in total. The zero-order valence-electron chi connectivity index (χ0n) is 16.6. The highest BCUT2D eigenvalue weighted by Crippen LogP contribution is 2.42. The maximum atomic E-state index is 11.4. The molecule has 2 aromatic rings. The second-order valence-corrected chi connectivity index (χ2v) is 6.18. The standard InChI is InChI=1S/C19H18N8O4/c1-29-12-5-9(3-4-11(12)31-7-13(28)30-2)16-14-15(22)10(6-20)17(23)26-18(14)27-19(25-16)24-8-21/h3-5,16H,7H2,1-2H3,(H6,22,23,24,25,26,27). The van der Waals surface area contributed by atoms with Crippen LogP contribution in [0.2, 0.25) is 0 Å². The average molecular weight is 422 g/mol. The summed E-state index contributed by atoms with van der Waals surface area (Å²) in [6.45, 7) is -0.293. The SMILES string of the molecule is COC(=O)COc1ccc(C2N=C(NC#N)Nc3nc(N)c(C#N)c(N)c32)cc1OC. The van der Waals surface area contributed by atoms with Gasteiger partial charge >= 0.3 is 5.97 Å². The van der Waals surface area contributed by atoms with E-state index in [2.05, 4.69) is 25.3 Å². The summed E-state index contributed by atoms with van der Waals surface area (Å²) in [5.41, 5.74) is 13.2. The number of pyridine rings is 1. The van der Waals surface area contributed by atoms with E-state index >= 15 is 0 Å². The number of benzene rings is 1. The monoisotopic (exact) mass is 422 g/mol. The first-order valence-electron chi connectivity index (χ1n) is 8.79. The van der Waals surface area contributed by atoms with E-state index < -0.39 is 12.0 Å². The molecule has 1 aromatic carbocycles. The Hall–Kier alpha value is -4.71. The molecule has 0 bridgehead atoms. The highest BCUT2D eigenvalue weighted by molar-refractivity contribution is 5.98. The van der Waals surface area contributed by atoms with E-state index in [1.165, 1.54) is 14.2 Å². The molecule has 0 aliphatic carbocycles. The van der Waals surface area contributed by atoms with Gasteiger partial charge in [0.2, 0.25) is 5.96 Å². The first-order valence-corrected chi connectivity index (χ1v) is 8.79. The van der Waals surface area contributed by atoms with E-state index in [0.717, 1.165) is 0 Å². The van der Waals surface area contributed by atoms with E-state index in [-0.39, 0.29) is 35.5 Å². The number of hydrogen-bond acceptors (Lipinski definition) is 12. The maximum Gasteiger partial charge on any atom is 0.343 e. The molecule has 1 aliphatic rings. The maximum absolute atomic E-state index is 11.4. The lowest BCUT2D eigenvalue weighted by atomic mass is 9.95. The van der Waals surface area contributed by atoms with Crippen molar-refractivity contribution in [2.75, 3.05) is 37.6 Å². The van der Waals surface area contributed by atoms with Crippen LogP contribution in [0, 0.1) is 22.8 Å². The molecule has 12 heteroatoms. The largest absolute Gasteiger partial charge is 0.493 e. The Balaban J connectivity index is 2.10. The fourth-order valence-corrected chi connectivity index (χ4v) is 2.99. The predicted molar refractivity (Wildman–Crippen MR) is 110 cm³/mol. The fraction of sp³-hybridized carbons (Fsp3) is 0.211. The molecule has 0 amide bonds. The number of nitrogens with zero attached hydrogens (tertiary/aromatic N) is 4. The topological polar surface area (TPSA) is 194 Å². The van der Waals surface area contributed by atoms with Crippen LogP contribution in [0.5, 0.6) is 11.5 Å². The van der Waals surface area contributed by atoms with Crippen LogP contribution in [0.15, 0.2) is 23.2 Å². The number of aromatic nitrogens is 1. The number of methoxy groups -OCH3 is 2. The van der Waals surface area contributed by atoms with Gasteiger partial charge in [-0.1, -0.05) is 6.07 Å². The second kappa shape index (κ2) is 8.75. The Morgan fingerprint density at radius 2 is 2.06 bits per heavy atom. The number of guanidine groups is 1. The van der Waals surface area contributed by atoms with Crippen molar-refractivity contribution in [2.45, 2.75) is 6.04 Å². The molecule has 31 heavy (non-hydrogen) atoms. The summed E-state index contributed by atoms with van der Waals surface area (Å²) in [6.07, 6.45) is 1.78. The van der Waals surface area contributed by atoms with Crippen LogP contribution in [0.4, 0.5) is 17.3 Å². The van der Waals surface area contributed by atoms with Gasteiger partial charge in [-0.05, 0) is 17.7 Å². The smallest absolute Gasteiger partial charge is 0.343 e. The van der Waals surface area contributed by atoms with E-state index in [1.54, 1.807) is 24.4 Å². The van der Waals surface area contributed by atoms with Gasteiger partial charge in [-0.2, -0.15) is 10.5 Å². The number of aliphatic imine (C=N–C) groups is 1. The Kier molecular flexibility index (Phi) is 5.93. The summed E-state index contributed by atoms with van der Waals surface area (Å²) in [5.74, 6) is 0.431. The Morgan fingerprint density at radius 1 is 1.29 bits per heavy atom. The van der Waals surface area contributed by atoms with Gasteiger partial charge in [-0.25, -0.2) is 14.8 Å². The molecule has 1 aliphatic heterocycles. The number of nitriles is 2. The van der Waals surface area contributed by atoms with Crippen molar-refractivity contribution >= 4 is 29.3 Å². The lowest BCUT2D eigenvalue weighted by Crippen LogP contribution is -2.32. The van der Waals surface area contributed by atoms with Gasteiger partial charge in [-0.3, -0.25) is 5.32 Å². The Bertz CT molecular complexity index is 1150. The lowest BCUT2D eigenvalue weighted by molar-refractivity contribution is -0.142. The van der Waals surface area contributed by atoms with Crippen LogP contribution in [0.25, 0.3) is 0 Å². The summed E-state index contributed by atoms with van der Waals surface area (Å²) in [7, 11) is 2.70. The van der Waals surface area contributed by atoms with Crippen molar-refractivity contribution in [1.82, 2.24) is 10.3 Å². The van der Waals surface area contributed by atoms with Crippen molar-refractivity contribution in [1.29, 1.82) is 10.5 Å². The first-order chi connectivity index (χ1) is 14.9. The van der Waals surface area contributed by atoms with Crippen molar-refractivity contribution in [3.05, 3.63) is 34.9 Å². The number of hydrogen-bond donors (Lipinski definition) is 4. The molecule has 0 radical (unpaired) electrons. The number of rotatable bonds is 5. The van der Waals surface area contributed by atoms with Crippen molar-refractivity contribution in [3.63, 3.8) is 0 Å². The molecule has 3 rings (SSSR count). The van der Waals surface area contributed by atoms with Crippen LogP contribution in [0.3, 0.4) is 0 Å². The third-order valence-electron chi connectivity index (χ3n) is 4.43. The van der Waals surface area contributed by atoms with Crippen LogP contribution in [-0.4, -0.2) is 37.7 Å². The fourth-order valence-electron chi connectivity index (χ4n) is 2.99. The number of nitrogens with two attached hydrogens (primary N) is 2.